The van der Waals surface area contributed by atoms with Gasteiger partial charge < -0.3 is 20.0 Å². The smallest absolute Gasteiger partial charge is 0.201 e. The largest absolute Gasteiger partial charge is 0.477 e. The van der Waals surface area contributed by atoms with Gasteiger partial charge in [0.1, 0.15) is 6.61 Å². The van der Waals surface area contributed by atoms with Gasteiger partial charge in [-0.3, -0.25) is 0 Å². The number of ether oxygens (including phenoxy) is 1. The molecule has 0 atom stereocenters. The van der Waals surface area contributed by atoms with Crippen LogP contribution in [0.25, 0.3) is 10.9 Å². The standard InChI is InChI=1S/C10H9N4O.C2H6.Re/c1-6-4-7-8-9(13-5-12-7)11-2-3-15-10(8)14-6;1-2;/h4H,2-3H2,1H3,(H,11,12,13);1-2H3;/q-1;;. The summed E-state index contributed by atoms with van der Waals surface area (Å²) in [5.41, 5.74) is 1.70. The van der Waals surface area contributed by atoms with Gasteiger partial charge in [-0.15, -0.1) is 0 Å². The van der Waals surface area contributed by atoms with Crippen LogP contribution in [0.15, 0.2) is 6.07 Å². The van der Waals surface area contributed by atoms with E-state index in [1.807, 2.05) is 26.8 Å². The van der Waals surface area contributed by atoms with E-state index in [2.05, 4.69) is 26.6 Å². The van der Waals surface area contributed by atoms with Gasteiger partial charge in [0, 0.05) is 44.8 Å². The van der Waals surface area contributed by atoms with E-state index < -0.39 is 0 Å². The van der Waals surface area contributed by atoms with Crippen molar-refractivity contribution >= 4 is 16.7 Å². The van der Waals surface area contributed by atoms with Crippen molar-refractivity contribution < 1.29 is 25.2 Å². The van der Waals surface area contributed by atoms with Crippen LogP contribution in [-0.4, -0.2) is 28.1 Å². The van der Waals surface area contributed by atoms with E-state index in [4.69, 9.17) is 4.74 Å². The molecule has 2 aromatic rings. The van der Waals surface area contributed by atoms with Gasteiger partial charge in [0.05, 0.1) is 0 Å². The molecule has 0 saturated carbocycles. The second kappa shape index (κ2) is 6.62. The van der Waals surface area contributed by atoms with Gasteiger partial charge in [-0.1, -0.05) is 19.9 Å². The van der Waals surface area contributed by atoms with Crippen LogP contribution in [0.5, 0.6) is 5.88 Å². The molecule has 1 aliphatic heterocycles. The molecule has 5 nitrogen and oxygen atoms in total. The zero-order valence-electron chi connectivity index (χ0n) is 10.6. The van der Waals surface area contributed by atoms with E-state index >= 15 is 0 Å². The summed E-state index contributed by atoms with van der Waals surface area (Å²) in [5.74, 6) is 1.36. The van der Waals surface area contributed by atoms with E-state index in [1.165, 1.54) is 0 Å². The molecule has 1 radical (unpaired) electrons. The fraction of sp³-hybridized carbons (Fsp3) is 0.417. The summed E-state index contributed by atoms with van der Waals surface area (Å²) >= 11 is 0. The Labute approximate surface area is 120 Å². The third kappa shape index (κ3) is 2.77. The van der Waals surface area contributed by atoms with E-state index in [0.717, 1.165) is 29.0 Å². The summed E-state index contributed by atoms with van der Waals surface area (Å²) in [5, 5.41) is 4.01. The number of hydrogen-bond donors (Lipinski definition) is 1. The molecule has 6 heteroatoms. The van der Waals surface area contributed by atoms with Crippen molar-refractivity contribution in [1.82, 2.24) is 15.0 Å². The van der Waals surface area contributed by atoms with Crippen molar-refractivity contribution in [3.63, 3.8) is 0 Å². The van der Waals surface area contributed by atoms with E-state index in [1.54, 1.807) is 0 Å². The Balaban J connectivity index is 0.000000516. The first-order chi connectivity index (χ1) is 8.34. The first-order valence-corrected chi connectivity index (χ1v) is 5.77. The fourth-order valence-corrected chi connectivity index (χ4v) is 1.67. The average Bonchev–Trinajstić information content (AvgIpc) is 2.56. The average molecular weight is 417 g/mol. The number of pyridine rings is 1. The Morgan fingerprint density at radius 3 is 2.89 bits per heavy atom. The summed E-state index contributed by atoms with van der Waals surface area (Å²) in [7, 11) is 0. The molecule has 18 heavy (non-hydrogen) atoms. The maximum Gasteiger partial charge on any atom is 0.201 e. The molecular weight excluding hydrogens is 402 g/mol. The molecule has 0 spiro atoms. The Morgan fingerprint density at radius 2 is 2.11 bits per heavy atom. The first kappa shape index (κ1) is 14.8. The Kier molecular flexibility index (Phi) is 5.45. The number of aromatic nitrogens is 3. The minimum atomic E-state index is 0. The topological polar surface area (TPSA) is 59.9 Å². The third-order valence-corrected chi connectivity index (χ3v) is 2.30. The van der Waals surface area contributed by atoms with E-state index in [0.29, 0.717) is 12.5 Å². The quantitative estimate of drug-likeness (QED) is 0.664. The van der Waals surface area contributed by atoms with Crippen molar-refractivity contribution in [2.24, 2.45) is 0 Å². The van der Waals surface area contributed by atoms with Gasteiger partial charge in [0.15, 0.2) is 0 Å². The molecule has 0 bridgehead atoms. The predicted molar refractivity (Wildman–Crippen MR) is 66.2 cm³/mol. The normalized spacial score (nSPS) is 12.2. The molecular formula is C12H15N4ORe-. The van der Waals surface area contributed by atoms with Gasteiger partial charge in [0.25, 0.3) is 0 Å². The number of nitrogens with zero attached hydrogens (tertiary/aromatic N) is 3. The zero-order valence-corrected chi connectivity index (χ0v) is 13.3. The van der Waals surface area contributed by atoms with Gasteiger partial charge >= 0.3 is 0 Å². The van der Waals surface area contributed by atoms with Crippen LogP contribution in [0.2, 0.25) is 0 Å². The number of rotatable bonds is 0. The maximum absolute atomic E-state index is 5.53. The van der Waals surface area contributed by atoms with Crippen molar-refractivity contribution in [3.8, 4) is 5.88 Å². The van der Waals surface area contributed by atoms with Crippen LogP contribution >= 0.6 is 0 Å². The Hall–Kier alpha value is -1.25. The van der Waals surface area contributed by atoms with Gasteiger partial charge in [-0.25, -0.2) is 4.98 Å². The molecule has 0 unspecified atom stereocenters. The minimum Gasteiger partial charge on any atom is -0.477 e. The molecule has 0 saturated heterocycles. The number of aryl methyl sites for hydroxylation is 1. The van der Waals surface area contributed by atoms with Crippen LogP contribution < -0.4 is 10.1 Å². The maximum atomic E-state index is 5.53. The molecule has 0 aromatic carbocycles. The summed E-state index contributed by atoms with van der Waals surface area (Å²) in [6.07, 6.45) is 2.63. The number of nitrogens with one attached hydrogen (secondary N) is 1. The third-order valence-electron chi connectivity index (χ3n) is 2.30. The molecule has 3 rings (SSSR count). The van der Waals surface area contributed by atoms with Crippen molar-refractivity contribution in [3.05, 3.63) is 18.1 Å². The SMILES string of the molecule is CC.Cc1cc2n[c-]nc3c2c(n1)OCCN3.[Re]. The van der Waals surface area contributed by atoms with Crippen LogP contribution in [-0.2, 0) is 20.4 Å². The molecule has 2 aromatic heterocycles. The molecule has 3 heterocycles. The number of anilines is 1. The predicted octanol–water partition coefficient (Wildman–Crippen LogP) is 1.96. The van der Waals surface area contributed by atoms with Crippen LogP contribution in [0, 0.1) is 13.3 Å². The van der Waals surface area contributed by atoms with Gasteiger partial charge in [0.2, 0.25) is 5.88 Å². The van der Waals surface area contributed by atoms with E-state index in [9.17, 15) is 0 Å². The number of hydrogen-bond acceptors (Lipinski definition) is 5. The second-order valence-electron chi connectivity index (χ2n) is 3.41. The Bertz CT molecular complexity index is 533. The van der Waals surface area contributed by atoms with Crippen LogP contribution in [0.4, 0.5) is 5.82 Å². The summed E-state index contributed by atoms with van der Waals surface area (Å²) in [4.78, 5) is 12.5. The molecule has 0 fully saturated rings. The van der Waals surface area contributed by atoms with Crippen molar-refractivity contribution in [1.29, 1.82) is 0 Å². The fourth-order valence-electron chi connectivity index (χ4n) is 1.67. The monoisotopic (exact) mass is 418 g/mol. The molecule has 97 valence electrons. The molecule has 1 N–H and O–H groups in total. The van der Waals surface area contributed by atoms with Crippen LogP contribution in [0.3, 0.4) is 0 Å². The van der Waals surface area contributed by atoms with Gasteiger partial charge in [-0.05, 0) is 17.8 Å². The zero-order chi connectivity index (χ0) is 12.3. The summed E-state index contributed by atoms with van der Waals surface area (Å²) in [6.45, 7) is 7.22. The minimum absolute atomic E-state index is 0. The summed E-state index contributed by atoms with van der Waals surface area (Å²) in [6, 6.07) is 1.90. The van der Waals surface area contributed by atoms with E-state index in [-0.39, 0.29) is 20.4 Å². The molecule has 1 aliphatic rings. The van der Waals surface area contributed by atoms with Crippen molar-refractivity contribution in [2.75, 3.05) is 18.5 Å². The molecule has 0 amide bonds. The summed E-state index contributed by atoms with van der Waals surface area (Å²) < 4.78 is 5.53. The van der Waals surface area contributed by atoms with Crippen LogP contribution in [0.1, 0.15) is 19.5 Å². The second-order valence-corrected chi connectivity index (χ2v) is 3.41. The van der Waals surface area contributed by atoms with Crippen molar-refractivity contribution in [2.45, 2.75) is 20.8 Å². The first-order valence-electron chi connectivity index (χ1n) is 5.77. The molecule has 0 aliphatic carbocycles. The Morgan fingerprint density at radius 1 is 1.33 bits per heavy atom. The van der Waals surface area contributed by atoms with Gasteiger partial charge in [-0.2, -0.15) is 0 Å².